The van der Waals surface area contributed by atoms with Gasteiger partial charge in [-0.25, -0.2) is 13.2 Å². The first-order valence-corrected chi connectivity index (χ1v) is 12.1. The summed E-state index contributed by atoms with van der Waals surface area (Å²) in [6.07, 6.45) is 4.82. The summed E-state index contributed by atoms with van der Waals surface area (Å²) in [6.45, 7) is 4.75. The van der Waals surface area contributed by atoms with Crippen LogP contribution < -0.4 is 4.90 Å². The Hall–Kier alpha value is -2.61. The number of hydrogen-bond acceptors (Lipinski definition) is 5. The van der Waals surface area contributed by atoms with Crippen LogP contribution in [-0.2, 0) is 22.8 Å². The fraction of sp³-hybridized carbons (Fsp3) is 0.455. The van der Waals surface area contributed by atoms with Gasteiger partial charge in [-0.15, -0.1) is 0 Å². The minimum atomic E-state index is -3.20. The number of amides is 1. The Bertz CT molecular complexity index is 1080. The Morgan fingerprint density at radius 2 is 1.93 bits per heavy atom. The topological polar surface area (TPSA) is 90.8 Å². The molecular formula is C22H27N3O4S. The van der Waals surface area contributed by atoms with Crippen molar-refractivity contribution in [2.45, 2.75) is 43.5 Å². The van der Waals surface area contributed by atoms with Crippen LogP contribution in [-0.4, -0.2) is 55.4 Å². The second-order valence-corrected chi connectivity index (χ2v) is 10.3. The fourth-order valence-corrected chi connectivity index (χ4v) is 5.11. The van der Waals surface area contributed by atoms with Crippen LogP contribution in [0.15, 0.2) is 35.4 Å². The number of piperidine rings is 1. The van der Waals surface area contributed by atoms with Gasteiger partial charge in [0, 0.05) is 37.8 Å². The molecule has 1 saturated heterocycles. The number of aromatic nitrogens is 1. The number of anilines is 1. The molecule has 0 spiro atoms. The molecular weight excluding hydrogens is 402 g/mol. The second kappa shape index (κ2) is 7.91. The van der Waals surface area contributed by atoms with Crippen molar-refractivity contribution in [3.8, 4) is 0 Å². The van der Waals surface area contributed by atoms with Crippen molar-refractivity contribution < 1.29 is 18.3 Å². The number of rotatable bonds is 4. The van der Waals surface area contributed by atoms with E-state index in [1.54, 1.807) is 12.1 Å². The Morgan fingerprint density at radius 3 is 2.57 bits per heavy atom. The first-order valence-electron chi connectivity index (χ1n) is 10.2. The maximum Gasteiger partial charge on any atom is 0.407 e. The highest BCUT2D eigenvalue weighted by Gasteiger charge is 2.25. The molecule has 0 radical (unpaired) electrons. The third-order valence-electron chi connectivity index (χ3n) is 6.26. The van der Waals surface area contributed by atoms with Gasteiger partial charge in [0.15, 0.2) is 9.84 Å². The molecule has 0 atom stereocenters. The maximum absolute atomic E-state index is 11.8. The van der Waals surface area contributed by atoms with E-state index in [-0.39, 0.29) is 0 Å². The van der Waals surface area contributed by atoms with Gasteiger partial charge in [-0.1, -0.05) is 6.07 Å². The van der Waals surface area contributed by atoms with Crippen molar-refractivity contribution >= 4 is 21.6 Å². The summed E-state index contributed by atoms with van der Waals surface area (Å²) in [5, 5.41) is 9.12. The number of nitrogens with zero attached hydrogens (tertiary/aromatic N) is 3. The predicted molar refractivity (Wildman–Crippen MR) is 115 cm³/mol. The van der Waals surface area contributed by atoms with Gasteiger partial charge in [-0.3, -0.25) is 4.98 Å². The highest BCUT2D eigenvalue weighted by molar-refractivity contribution is 7.90. The lowest BCUT2D eigenvalue weighted by molar-refractivity contribution is 0.132. The molecule has 30 heavy (non-hydrogen) atoms. The van der Waals surface area contributed by atoms with E-state index in [0.717, 1.165) is 48.3 Å². The van der Waals surface area contributed by atoms with E-state index in [9.17, 15) is 13.2 Å². The van der Waals surface area contributed by atoms with Gasteiger partial charge in [0.05, 0.1) is 17.1 Å². The molecule has 2 aromatic rings. The van der Waals surface area contributed by atoms with Crippen molar-refractivity contribution in [2.24, 2.45) is 0 Å². The quantitative estimate of drug-likeness (QED) is 0.803. The SMILES string of the molecule is Cc1cc(C2CCN(C(=O)O)CC2)cnc1CN1CCc2cc(S(C)(=O)=O)ccc21. The highest BCUT2D eigenvalue weighted by Crippen LogP contribution is 2.33. The molecule has 2 aliphatic heterocycles. The third-order valence-corrected chi connectivity index (χ3v) is 7.37. The molecule has 0 saturated carbocycles. The van der Waals surface area contributed by atoms with Gasteiger partial charge in [-0.2, -0.15) is 0 Å². The van der Waals surface area contributed by atoms with E-state index >= 15 is 0 Å². The Labute approximate surface area is 177 Å². The summed E-state index contributed by atoms with van der Waals surface area (Å²) < 4.78 is 23.6. The van der Waals surface area contributed by atoms with Gasteiger partial charge in [-0.05, 0) is 67.0 Å². The smallest absolute Gasteiger partial charge is 0.407 e. The zero-order chi connectivity index (χ0) is 21.5. The summed E-state index contributed by atoms with van der Waals surface area (Å²) in [5.41, 5.74) is 5.48. The zero-order valence-corrected chi connectivity index (χ0v) is 18.2. The summed E-state index contributed by atoms with van der Waals surface area (Å²) in [7, 11) is -3.20. The lowest BCUT2D eigenvalue weighted by Crippen LogP contribution is -2.36. The lowest BCUT2D eigenvalue weighted by atomic mass is 9.89. The normalized spacial score (nSPS) is 17.3. The number of aryl methyl sites for hydroxylation is 1. The van der Waals surface area contributed by atoms with E-state index in [1.807, 2.05) is 12.3 Å². The number of pyridine rings is 1. The van der Waals surface area contributed by atoms with E-state index < -0.39 is 15.9 Å². The number of fused-ring (bicyclic) bond motifs is 1. The molecule has 8 heteroatoms. The molecule has 3 heterocycles. The van der Waals surface area contributed by atoms with Gasteiger partial charge < -0.3 is 14.9 Å². The molecule has 1 amide bonds. The zero-order valence-electron chi connectivity index (χ0n) is 17.3. The molecule has 7 nitrogen and oxygen atoms in total. The van der Waals surface area contributed by atoms with E-state index in [0.29, 0.717) is 30.4 Å². The first kappa shape index (κ1) is 20.7. The number of carbonyl (C=O) groups is 1. The van der Waals surface area contributed by atoms with Crippen molar-refractivity contribution in [3.63, 3.8) is 0 Å². The number of hydrogen-bond donors (Lipinski definition) is 1. The van der Waals surface area contributed by atoms with Crippen molar-refractivity contribution in [1.82, 2.24) is 9.88 Å². The van der Waals surface area contributed by atoms with Crippen molar-refractivity contribution in [3.05, 3.63) is 52.8 Å². The van der Waals surface area contributed by atoms with Crippen LogP contribution in [0.25, 0.3) is 0 Å². The first-order chi connectivity index (χ1) is 14.2. The van der Waals surface area contributed by atoms with Gasteiger partial charge in [0.1, 0.15) is 0 Å². The predicted octanol–water partition coefficient (Wildman–Crippen LogP) is 3.21. The number of sulfone groups is 1. The molecule has 2 aliphatic rings. The van der Waals surface area contributed by atoms with Gasteiger partial charge in [0.25, 0.3) is 0 Å². The molecule has 160 valence electrons. The molecule has 1 aromatic heterocycles. The largest absolute Gasteiger partial charge is 0.465 e. The number of benzene rings is 1. The molecule has 1 N–H and O–H groups in total. The van der Waals surface area contributed by atoms with Crippen LogP contribution in [0.4, 0.5) is 10.5 Å². The van der Waals surface area contributed by atoms with E-state index in [4.69, 9.17) is 10.1 Å². The minimum Gasteiger partial charge on any atom is -0.465 e. The average Bonchev–Trinajstić information content (AvgIpc) is 3.11. The van der Waals surface area contributed by atoms with Crippen molar-refractivity contribution in [1.29, 1.82) is 0 Å². The van der Waals surface area contributed by atoms with Crippen LogP contribution in [0.2, 0.25) is 0 Å². The Kier molecular flexibility index (Phi) is 5.44. The van der Waals surface area contributed by atoms with Crippen LogP contribution in [0.3, 0.4) is 0 Å². The van der Waals surface area contributed by atoms with Gasteiger partial charge >= 0.3 is 6.09 Å². The molecule has 1 fully saturated rings. The maximum atomic E-state index is 11.8. The molecule has 0 aliphatic carbocycles. The van der Waals surface area contributed by atoms with E-state index in [2.05, 4.69) is 17.9 Å². The lowest BCUT2D eigenvalue weighted by Gasteiger charge is -2.30. The fourth-order valence-electron chi connectivity index (χ4n) is 4.44. The van der Waals surface area contributed by atoms with Crippen LogP contribution in [0.5, 0.6) is 0 Å². The Morgan fingerprint density at radius 1 is 1.20 bits per heavy atom. The van der Waals surface area contributed by atoms with Crippen LogP contribution in [0, 0.1) is 6.92 Å². The summed E-state index contributed by atoms with van der Waals surface area (Å²) >= 11 is 0. The highest BCUT2D eigenvalue weighted by atomic mass is 32.2. The van der Waals surface area contributed by atoms with E-state index in [1.165, 1.54) is 16.7 Å². The monoisotopic (exact) mass is 429 g/mol. The summed E-state index contributed by atoms with van der Waals surface area (Å²) in [5.74, 6) is 0.350. The molecule has 4 rings (SSSR count). The number of carboxylic acid groups (broad SMARTS) is 1. The average molecular weight is 430 g/mol. The van der Waals surface area contributed by atoms with Gasteiger partial charge in [0.2, 0.25) is 0 Å². The molecule has 0 unspecified atom stereocenters. The third kappa shape index (κ3) is 4.14. The van der Waals surface area contributed by atoms with Crippen molar-refractivity contribution in [2.75, 3.05) is 30.8 Å². The standard InChI is InChI=1S/C22H27N3O4S/c1-15-11-18(16-5-8-24(9-6-16)22(26)27)13-23-20(15)14-25-10-7-17-12-19(30(2,28)29)3-4-21(17)25/h3-4,11-13,16H,5-10,14H2,1-2H3,(H,26,27). The Balaban J connectivity index is 1.46. The summed E-state index contributed by atoms with van der Waals surface area (Å²) in [4.78, 5) is 19.9. The summed E-state index contributed by atoms with van der Waals surface area (Å²) in [6, 6.07) is 7.56. The van der Waals surface area contributed by atoms with Crippen LogP contribution in [0.1, 0.15) is 41.1 Å². The number of likely N-dealkylation sites (tertiary alicyclic amines) is 1. The van der Waals surface area contributed by atoms with Crippen LogP contribution >= 0.6 is 0 Å². The molecule has 0 bridgehead atoms. The second-order valence-electron chi connectivity index (χ2n) is 8.31. The molecule has 1 aromatic carbocycles. The minimum absolute atomic E-state index is 0.350.